The Balaban J connectivity index is 1.18. The number of hydrogen-bond acceptors (Lipinski definition) is 2. The Kier molecular flexibility index (Phi) is 6.22. The first-order valence-electron chi connectivity index (χ1n) is 17.2. The minimum absolute atomic E-state index is 0.158. The number of rotatable bonds is 3. The minimum Gasteiger partial charge on any atom is -0.192 e. The highest BCUT2D eigenvalue weighted by Gasteiger charge is 2.37. The maximum atomic E-state index is 9.55. The Hall–Kier alpha value is -6.01. The van der Waals surface area contributed by atoms with E-state index in [1.807, 2.05) is 23.5 Å². The molecule has 0 bridgehead atoms. The van der Waals surface area contributed by atoms with Gasteiger partial charge in [0.2, 0.25) is 0 Å². The van der Waals surface area contributed by atoms with Crippen LogP contribution in [0.2, 0.25) is 0 Å². The summed E-state index contributed by atoms with van der Waals surface area (Å²) >= 11 is 1.81. The van der Waals surface area contributed by atoms with Crippen LogP contribution in [-0.2, 0) is 5.41 Å². The van der Waals surface area contributed by atoms with E-state index in [9.17, 15) is 5.26 Å². The molecule has 234 valence electrons. The highest BCUT2D eigenvalue weighted by Crippen LogP contribution is 2.55. The summed E-state index contributed by atoms with van der Waals surface area (Å²) in [5.74, 6) is 0. The van der Waals surface area contributed by atoms with Crippen LogP contribution in [0.25, 0.3) is 86.2 Å². The van der Waals surface area contributed by atoms with Crippen molar-refractivity contribution in [1.82, 2.24) is 0 Å². The van der Waals surface area contributed by atoms with E-state index >= 15 is 0 Å². The molecule has 50 heavy (non-hydrogen) atoms. The van der Waals surface area contributed by atoms with Crippen molar-refractivity contribution < 1.29 is 0 Å². The van der Waals surface area contributed by atoms with Crippen molar-refractivity contribution in [3.05, 3.63) is 168 Å². The van der Waals surface area contributed by atoms with Crippen LogP contribution in [-0.4, -0.2) is 0 Å². The number of nitrogens with zero attached hydrogens (tertiary/aromatic N) is 1. The van der Waals surface area contributed by atoms with Crippen LogP contribution in [0, 0.1) is 11.3 Å². The van der Waals surface area contributed by atoms with Crippen LogP contribution in [0.15, 0.2) is 152 Å². The summed E-state index contributed by atoms with van der Waals surface area (Å²) in [6.07, 6.45) is 0. The highest BCUT2D eigenvalue weighted by atomic mass is 32.1. The van der Waals surface area contributed by atoms with E-state index in [0.29, 0.717) is 5.56 Å². The molecule has 0 amide bonds. The minimum atomic E-state index is -0.158. The van der Waals surface area contributed by atoms with Crippen LogP contribution in [0.3, 0.4) is 0 Å². The second-order valence-electron chi connectivity index (χ2n) is 14.0. The van der Waals surface area contributed by atoms with Gasteiger partial charge in [0, 0.05) is 31.2 Å². The largest absolute Gasteiger partial charge is 0.192 e. The number of thiophene rings is 1. The third-order valence-electron chi connectivity index (χ3n) is 10.9. The second kappa shape index (κ2) is 10.7. The molecule has 0 unspecified atom stereocenters. The second-order valence-corrected chi connectivity index (χ2v) is 15.0. The molecular formula is C48H31NS. The van der Waals surface area contributed by atoms with Crippen molar-refractivity contribution in [1.29, 1.82) is 5.26 Å². The van der Waals surface area contributed by atoms with E-state index in [0.717, 1.165) is 0 Å². The molecule has 1 aliphatic carbocycles. The molecule has 1 heterocycles. The number of hydrogen-bond donors (Lipinski definition) is 0. The Morgan fingerprint density at radius 2 is 1.02 bits per heavy atom. The average molecular weight is 654 g/mol. The van der Waals surface area contributed by atoms with E-state index in [1.54, 1.807) is 0 Å². The summed E-state index contributed by atoms with van der Waals surface area (Å²) in [6.45, 7) is 4.74. The molecule has 10 rings (SSSR count). The van der Waals surface area contributed by atoms with E-state index in [1.165, 1.54) is 97.4 Å². The zero-order valence-electron chi connectivity index (χ0n) is 27.8. The first-order chi connectivity index (χ1) is 24.5. The molecule has 0 atom stereocenters. The van der Waals surface area contributed by atoms with Gasteiger partial charge < -0.3 is 0 Å². The van der Waals surface area contributed by atoms with Crippen LogP contribution in [0.5, 0.6) is 0 Å². The van der Waals surface area contributed by atoms with Gasteiger partial charge in [-0.2, -0.15) is 5.26 Å². The zero-order valence-corrected chi connectivity index (χ0v) is 28.6. The number of nitriles is 1. The van der Waals surface area contributed by atoms with Crippen molar-refractivity contribution >= 4 is 53.1 Å². The molecule has 1 aliphatic rings. The van der Waals surface area contributed by atoms with E-state index in [-0.39, 0.29) is 5.41 Å². The smallest absolute Gasteiger partial charge is 0.0992 e. The molecule has 0 spiro atoms. The van der Waals surface area contributed by atoms with Gasteiger partial charge in [-0.1, -0.05) is 147 Å². The van der Waals surface area contributed by atoms with Crippen molar-refractivity contribution in [2.75, 3.05) is 0 Å². The predicted octanol–water partition coefficient (Wildman–Crippen LogP) is 13.5. The number of benzene rings is 8. The predicted molar refractivity (Wildman–Crippen MR) is 213 cm³/mol. The van der Waals surface area contributed by atoms with E-state index in [2.05, 4.69) is 159 Å². The first-order valence-corrected chi connectivity index (χ1v) is 18.0. The van der Waals surface area contributed by atoms with Crippen molar-refractivity contribution in [3.63, 3.8) is 0 Å². The van der Waals surface area contributed by atoms with E-state index in [4.69, 9.17) is 0 Å². The van der Waals surface area contributed by atoms with Gasteiger partial charge in [-0.15, -0.1) is 11.3 Å². The lowest BCUT2D eigenvalue weighted by molar-refractivity contribution is 0.661. The Labute approximate surface area is 295 Å². The lowest BCUT2D eigenvalue weighted by atomic mass is 9.80. The molecule has 8 aromatic carbocycles. The highest BCUT2D eigenvalue weighted by molar-refractivity contribution is 7.26. The lowest BCUT2D eigenvalue weighted by Crippen LogP contribution is -2.15. The van der Waals surface area contributed by atoms with Crippen LogP contribution >= 0.6 is 11.3 Å². The molecule has 0 aliphatic heterocycles. The number of fused-ring (bicyclic) bond motifs is 9. The van der Waals surface area contributed by atoms with Gasteiger partial charge in [-0.25, -0.2) is 0 Å². The summed E-state index contributed by atoms with van der Waals surface area (Å²) in [6, 6.07) is 57.7. The molecule has 2 heteroatoms. The van der Waals surface area contributed by atoms with Gasteiger partial charge >= 0.3 is 0 Å². The molecule has 0 N–H and O–H groups in total. The van der Waals surface area contributed by atoms with E-state index < -0.39 is 0 Å². The molecule has 0 fully saturated rings. The Morgan fingerprint density at radius 3 is 1.68 bits per heavy atom. The maximum Gasteiger partial charge on any atom is 0.0992 e. The molecule has 0 saturated heterocycles. The van der Waals surface area contributed by atoms with Crippen LogP contribution in [0.4, 0.5) is 0 Å². The summed E-state index contributed by atoms with van der Waals surface area (Å²) in [4.78, 5) is 0. The van der Waals surface area contributed by atoms with Gasteiger partial charge in [-0.05, 0) is 89.8 Å². The molecule has 9 aromatic rings. The van der Waals surface area contributed by atoms with Gasteiger partial charge in [0.15, 0.2) is 0 Å². The quantitative estimate of drug-likeness (QED) is 0.174. The fourth-order valence-electron chi connectivity index (χ4n) is 8.49. The molecular weight excluding hydrogens is 623 g/mol. The van der Waals surface area contributed by atoms with Crippen LogP contribution < -0.4 is 0 Å². The van der Waals surface area contributed by atoms with Crippen molar-refractivity contribution in [2.24, 2.45) is 0 Å². The Morgan fingerprint density at radius 1 is 0.460 bits per heavy atom. The third-order valence-corrected chi connectivity index (χ3v) is 12.1. The summed E-state index contributed by atoms with van der Waals surface area (Å²) in [5.41, 5.74) is 13.4. The van der Waals surface area contributed by atoms with Gasteiger partial charge in [0.05, 0.1) is 11.6 Å². The molecule has 1 nitrogen and oxygen atoms in total. The van der Waals surface area contributed by atoms with Crippen molar-refractivity contribution in [3.8, 4) is 50.6 Å². The fraction of sp³-hybridized carbons (Fsp3) is 0.0625. The monoisotopic (exact) mass is 653 g/mol. The molecule has 1 aromatic heterocycles. The average Bonchev–Trinajstić information content (AvgIpc) is 3.65. The SMILES string of the molecule is CC1(C)c2cc(-c3c4ccccc4c(-c4ccc(-c5ccccc5)cc4)c4ccccc34)ccc2-c2c1ccc1c2sc2cc(C#N)ccc21. The first kappa shape index (κ1) is 29.0. The lowest BCUT2D eigenvalue weighted by Gasteiger charge is -2.23. The summed E-state index contributed by atoms with van der Waals surface area (Å²) in [7, 11) is 0. The van der Waals surface area contributed by atoms with Crippen LogP contribution in [0.1, 0.15) is 30.5 Å². The van der Waals surface area contributed by atoms with Gasteiger partial charge in [-0.3, -0.25) is 0 Å². The third kappa shape index (κ3) is 4.11. The normalized spacial score (nSPS) is 13.1. The standard InChI is InChI=1S/C48H31NS/c1-48(2)41-25-24-39-34-22-16-29(28-49)26-43(34)50-47(39)46(41)40-23-21-33(27-42(40)48)45-37-14-8-6-12-35(37)44(36-13-7-9-15-38(36)45)32-19-17-31(18-20-32)30-10-4-3-5-11-30/h3-27H,1-2H3. The fourth-order valence-corrected chi connectivity index (χ4v) is 9.79. The maximum absolute atomic E-state index is 9.55. The topological polar surface area (TPSA) is 23.8 Å². The zero-order chi connectivity index (χ0) is 33.6. The molecule has 0 radical (unpaired) electrons. The van der Waals surface area contributed by atoms with Gasteiger partial charge in [0.1, 0.15) is 0 Å². The summed E-state index contributed by atoms with van der Waals surface area (Å²) in [5, 5.41) is 17.1. The van der Waals surface area contributed by atoms with Gasteiger partial charge in [0.25, 0.3) is 0 Å². The Bertz CT molecular complexity index is 2830. The van der Waals surface area contributed by atoms with Crippen molar-refractivity contribution in [2.45, 2.75) is 19.3 Å². The summed E-state index contributed by atoms with van der Waals surface area (Å²) < 4.78 is 2.48. The molecule has 0 saturated carbocycles.